The fraction of sp³-hybridized carbons (Fsp3) is 0.286. The molecule has 0 aliphatic carbocycles. The minimum absolute atomic E-state index is 0.0997. The minimum Gasteiger partial charge on any atom is -0.498 e. The zero-order valence-electron chi connectivity index (χ0n) is 14.9. The molecule has 0 atom stereocenters. The van der Waals surface area contributed by atoms with Crippen LogP contribution in [0.1, 0.15) is 31.9 Å². The van der Waals surface area contributed by atoms with Gasteiger partial charge in [-0.05, 0) is 30.2 Å². The molecule has 0 saturated heterocycles. The maximum absolute atomic E-state index is 12.0. The number of hydrogen-bond acceptors (Lipinski definition) is 4. The van der Waals surface area contributed by atoms with Crippen molar-refractivity contribution in [2.24, 2.45) is 0 Å². The molecule has 0 radical (unpaired) electrons. The highest BCUT2D eigenvalue weighted by molar-refractivity contribution is 5.89. The molecular formula is C21H24O4. The van der Waals surface area contributed by atoms with Gasteiger partial charge in [0.05, 0.1) is 18.4 Å². The van der Waals surface area contributed by atoms with E-state index in [0.29, 0.717) is 11.3 Å². The maximum atomic E-state index is 12.0. The molecule has 0 spiro atoms. The number of esters is 1. The Kier molecular flexibility index (Phi) is 6.37. The number of aliphatic hydroxyl groups excluding tert-OH is 1. The molecule has 4 heteroatoms. The lowest BCUT2D eigenvalue weighted by Gasteiger charge is -2.26. The van der Waals surface area contributed by atoms with Gasteiger partial charge in [0.15, 0.2) is 0 Å². The van der Waals surface area contributed by atoms with E-state index in [4.69, 9.17) is 14.6 Å². The molecule has 0 aliphatic heterocycles. The van der Waals surface area contributed by atoms with Crippen LogP contribution in [-0.2, 0) is 14.9 Å². The quantitative estimate of drug-likeness (QED) is 0.274. The topological polar surface area (TPSA) is 55.8 Å². The van der Waals surface area contributed by atoms with E-state index < -0.39 is 5.97 Å². The van der Waals surface area contributed by atoms with Gasteiger partial charge in [-0.3, -0.25) is 0 Å². The third kappa shape index (κ3) is 4.94. The van der Waals surface area contributed by atoms with Crippen molar-refractivity contribution in [3.8, 4) is 5.75 Å². The average Bonchev–Trinajstić information content (AvgIpc) is 2.63. The highest BCUT2D eigenvalue weighted by Gasteiger charge is 2.22. The molecule has 0 aromatic heterocycles. The standard InChI is InChI=1S/C21H24O4/c1-16(15-24-14-13-22)20(23)25-19-11-9-18(10-12-19)21(2,3)17-7-5-4-6-8-17/h4-12,15,22H,13-14H2,1-3H3. The predicted octanol–water partition coefficient (Wildman–Crippen LogP) is 3.83. The predicted molar refractivity (Wildman–Crippen MR) is 97.4 cm³/mol. The van der Waals surface area contributed by atoms with Crippen LogP contribution in [-0.4, -0.2) is 24.3 Å². The van der Waals surface area contributed by atoms with Crippen LogP contribution < -0.4 is 4.74 Å². The number of hydrogen-bond donors (Lipinski definition) is 1. The van der Waals surface area contributed by atoms with Crippen LogP contribution in [0.25, 0.3) is 0 Å². The van der Waals surface area contributed by atoms with Crippen molar-refractivity contribution in [3.63, 3.8) is 0 Å². The Hall–Kier alpha value is -2.59. The number of aliphatic hydroxyl groups is 1. The first kappa shape index (κ1) is 18.7. The summed E-state index contributed by atoms with van der Waals surface area (Å²) in [5.74, 6) is 0.000490. The summed E-state index contributed by atoms with van der Waals surface area (Å²) >= 11 is 0. The summed E-state index contributed by atoms with van der Waals surface area (Å²) in [4.78, 5) is 12.0. The Bertz CT molecular complexity index is 715. The summed E-state index contributed by atoms with van der Waals surface area (Å²) in [5, 5.41) is 8.66. The van der Waals surface area contributed by atoms with Gasteiger partial charge < -0.3 is 14.6 Å². The van der Waals surface area contributed by atoms with Gasteiger partial charge in [0.25, 0.3) is 0 Å². The number of ether oxygens (including phenoxy) is 2. The Balaban J connectivity index is 2.07. The van der Waals surface area contributed by atoms with Crippen molar-refractivity contribution in [1.82, 2.24) is 0 Å². The maximum Gasteiger partial charge on any atom is 0.342 e. The summed E-state index contributed by atoms with van der Waals surface area (Å²) < 4.78 is 10.3. The monoisotopic (exact) mass is 340 g/mol. The van der Waals surface area contributed by atoms with E-state index in [-0.39, 0.29) is 18.6 Å². The fourth-order valence-electron chi connectivity index (χ4n) is 2.43. The Morgan fingerprint density at radius 2 is 1.64 bits per heavy atom. The molecule has 2 aromatic carbocycles. The molecule has 0 saturated carbocycles. The van der Waals surface area contributed by atoms with Crippen molar-refractivity contribution in [3.05, 3.63) is 77.6 Å². The summed E-state index contributed by atoms with van der Waals surface area (Å²) in [6.07, 6.45) is 1.30. The van der Waals surface area contributed by atoms with E-state index >= 15 is 0 Å². The van der Waals surface area contributed by atoms with E-state index in [2.05, 4.69) is 26.0 Å². The zero-order valence-corrected chi connectivity index (χ0v) is 14.9. The molecule has 132 valence electrons. The van der Waals surface area contributed by atoms with Crippen LogP contribution in [0.3, 0.4) is 0 Å². The molecule has 0 heterocycles. The van der Waals surface area contributed by atoms with Gasteiger partial charge in [0.2, 0.25) is 0 Å². The zero-order chi connectivity index (χ0) is 18.3. The molecule has 0 fully saturated rings. The summed E-state index contributed by atoms with van der Waals surface area (Å²) in [6, 6.07) is 17.8. The van der Waals surface area contributed by atoms with Crippen molar-refractivity contribution in [1.29, 1.82) is 0 Å². The van der Waals surface area contributed by atoms with Crippen LogP contribution in [0, 0.1) is 0 Å². The number of rotatable bonds is 7. The van der Waals surface area contributed by atoms with E-state index in [0.717, 1.165) is 5.56 Å². The summed E-state index contributed by atoms with van der Waals surface area (Å²) in [5.41, 5.74) is 2.55. The number of carbonyl (C=O) groups excluding carboxylic acids is 1. The Labute approximate surface area is 148 Å². The van der Waals surface area contributed by atoms with Crippen molar-refractivity contribution in [2.45, 2.75) is 26.2 Å². The second kappa shape index (κ2) is 8.49. The summed E-state index contributed by atoms with van der Waals surface area (Å²) in [7, 11) is 0. The molecule has 0 bridgehead atoms. The molecule has 25 heavy (non-hydrogen) atoms. The Morgan fingerprint density at radius 3 is 2.24 bits per heavy atom. The van der Waals surface area contributed by atoms with Gasteiger partial charge in [-0.1, -0.05) is 56.3 Å². The molecule has 0 amide bonds. The Morgan fingerprint density at radius 1 is 1.04 bits per heavy atom. The summed E-state index contributed by atoms with van der Waals surface area (Å²) in [6.45, 7) is 5.97. The highest BCUT2D eigenvalue weighted by atomic mass is 16.5. The molecule has 4 nitrogen and oxygen atoms in total. The lowest BCUT2D eigenvalue weighted by atomic mass is 9.78. The smallest absolute Gasteiger partial charge is 0.342 e. The van der Waals surface area contributed by atoms with Gasteiger partial charge in [0, 0.05) is 5.41 Å². The van der Waals surface area contributed by atoms with Gasteiger partial charge in [-0.2, -0.15) is 0 Å². The lowest BCUT2D eigenvalue weighted by Crippen LogP contribution is -2.18. The van der Waals surface area contributed by atoms with Crippen LogP contribution >= 0.6 is 0 Å². The molecule has 2 rings (SSSR count). The van der Waals surface area contributed by atoms with Crippen molar-refractivity contribution in [2.75, 3.05) is 13.2 Å². The van der Waals surface area contributed by atoms with Crippen LogP contribution in [0.5, 0.6) is 5.75 Å². The molecule has 1 N–H and O–H groups in total. The van der Waals surface area contributed by atoms with Gasteiger partial charge in [-0.15, -0.1) is 0 Å². The van der Waals surface area contributed by atoms with E-state index in [1.807, 2.05) is 30.3 Å². The van der Waals surface area contributed by atoms with Crippen LogP contribution in [0.2, 0.25) is 0 Å². The van der Waals surface area contributed by atoms with Crippen LogP contribution in [0.4, 0.5) is 0 Å². The van der Waals surface area contributed by atoms with E-state index in [9.17, 15) is 4.79 Å². The van der Waals surface area contributed by atoms with Gasteiger partial charge in [0.1, 0.15) is 12.4 Å². The van der Waals surface area contributed by atoms with E-state index in [1.54, 1.807) is 19.1 Å². The lowest BCUT2D eigenvalue weighted by molar-refractivity contribution is -0.130. The van der Waals surface area contributed by atoms with Crippen LogP contribution in [0.15, 0.2) is 66.4 Å². The first-order valence-corrected chi connectivity index (χ1v) is 8.22. The van der Waals surface area contributed by atoms with Crippen molar-refractivity contribution >= 4 is 5.97 Å². The molecule has 0 unspecified atom stereocenters. The number of benzene rings is 2. The van der Waals surface area contributed by atoms with E-state index in [1.165, 1.54) is 11.8 Å². The highest BCUT2D eigenvalue weighted by Crippen LogP contribution is 2.32. The second-order valence-electron chi connectivity index (χ2n) is 6.30. The fourth-order valence-corrected chi connectivity index (χ4v) is 2.43. The molecule has 2 aromatic rings. The first-order valence-electron chi connectivity index (χ1n) is 8.22. The first-order chi connectivity index (χ1) is 11.9. The normalized spacial score (nSPS) is 11.9. The third-order valence-electron chi connectivity index (χ3n) is 4.07. The number of carbonyl (C=O) groups is 1. The minimum atomic E-state index is -0.479. The second-order valence-corrected chi connectivity index (χ2v) is 6.30. The largest absolute Gasteiger partial charge is 0.498 e. The third-order valence-corrected chi connectivity index (χ3v) is 4.07. The molecular weight excluding hydrogens is 316 g/mol. The van der Waals surface area contributed by atoms with Gasteiger partial charge in [-0.25, -0.2) is 4.79 Å². The van der Waals surface area contributed by atoms with Crippen molar-refractivity contribution < 1.29 is 19.4 Å². The SMILES string of the molecule is CC(=COCCO)C(=O)Oc1ccc(C(C)(C)c2ccccc2)cc1. The molecule has 0 aliphatic rings. The van der Waals surface area contributed by atoms with Gasteiger partial charge >= 0.3 is 5.97 Å². The average molecular weight is 340 g/mol.